The van der Waals surface area contributed by atoms with E-state index in [9.17, 15) is 18.8 Å². The van der Waals surface area contributed by atoms with Crippen LogP contribution in [0.15, 0.2) is 66.7 Å². The molecule has 4 amide bonds. The number of halogens is 1. The van der Waals surface area contributed by atoms with Gasteiger partial charge in [-0.2, -0.15) is 5.01 Å². The standard InChI is InChI=1S/C33H33FN8O3S/c1-3-15-40(33(45)37-17-22-7-11-24(34)12-8-22)41-20-29(43)42-26(16-21-9-13-25(35)14-10-21)31(44)39(19-28(41)42)18-23-5-4-6-27-30(23)38-32(36-2)46-27/h1,4-14,26,28H,15-20,35H2,2H3,(H,36,38)(H,37,45)/t26-,28+/m0/s1. The molecule has 3 aromatic carbocycles. The number of aromatic nitrogens is 1. The minimum Gasteiger partial charge on any atom is -0.399 e. The van der Waals surface area contributed by atoms with Crippen LogP contribution >= 0.6 is 11.3 Å². The van der Waals surface area contributed by atoms with Crippen molar-refractivity contribution in [2.45, 2.75) is 31.7 Å². The molecule has 11 nitrogen and oxygen atoms in total. The third kappa shape index (κ3) is 6.17. The highest BCUT2D eigenvalue weighted by molar-refractivity contribution is 7.22. The Morgan fingerprint density at radius 2 is 1.87 bits per heavy atom. The topological polar surface area (TPSA) is 127 Å². The molecule has 3 heterocycles. The third-order valence-electron chi connectivity index (χ3n) is 8.20. The summed E-state index contributed by atoms with van der Waals surface area (Å²) in [5.41, 5.74) is 9.71. The van der Waals surface area contributed by atoms with Gasteiger partial charge in [0.2, 0.25) is 11.8 Å². The van der Waals surface area contributed by atoms with Crippen LogP contribution in [0.25, 0.3) is 10.2 Å². The number of piperazine rings is 1. The fourth-order valence-electron chi connectivity index (χ4n) is 5.95. The number of urea groups is 1. The fourth-order valence-corrected chi connectivity index (χ4v) is 6.82. The largest absolute Gasteiger partial charge is 0.399 e. The number of hydrazine groups is 1. The number of nitrogens with two attached hydrogens (primary N) is 1. The van der Waals surface area contributed by atoms with E-state index in [1.807, 2.05) is 37.4 Å². The van der Waals surface area contributed by atoms with Crippen LogP contribution in [0.4, 0.5) is 20.0 Å². The van der Waals surface area contributed by atoms with Crippen LogP contribution < -0.4 is 16.4 Å². The number of carbonyl (C=O) groups is 3. The highest BCUT2D eigenvalue weighted by atomic mass is 32.1. The third-order valence-corrected chi connectivity index (χ3v) is 9.23. The summed E-state index contributed by atoms with van der Waals surface area (Å²) in [6.45, 7) is 0.304. The summed E-state index contributed by atoms with van der Waals surface area (Å²) in [6, 6.07) is 17.5. The first-order valence-electron chi connectivity index (χ1n) is 14.8. The lowest BCUT2D eigenvalue weighted by Crippen LogP contribution is -2.66. The molecular weight excluding hydrogens is 607 g/mol. The predicted octanol–water partition coefficient (Wildman–Crippen LogP) is 3.24. The predicted molar refractivity (Wildman–Crippen MR) is 174 cm³/mol. The number of anilines is 2. The highest BCUT2D eigenvalue weighted by Gasteiger charge is 2.52. The summed E-state index contributed by atoms with van der Waals surface area (Å²) in [5, 5.41) is 9.65. The first-order chi connectivity index (χ1) is 22.2. The smallest absolute Gasteiger partial charge is 0.333 e. The van der Waals surface area contributed by atoms with E-state index >= 15 is 0 Å². The molecule has 2 aliphatic heterocycles. The van der Waals surface area contributed by atoms with E-state index in [1.54, 1.807) is 39.1 Å². The number of para-hydroxylation sites is 1. The van der Waals surface area contributed by atoms with Gasteiger partial charge in [0.05, 0.1) is 29.9 Å². The van der Waals surface area contributed by atoms with Crippen molar-refractivity contribution < 1.29 is 18.8 Å². The maximum absolute atomic E-state index is 14.2. The van der Waals surface area contributed by atoms with Crippen LogP contribution in [-0.2, 0) is 29.1 Å². The summed E-state index contributed by atoms with van der Waals surface area (Å²) in [5.74, 6) is 1.66. The summed E-state index contributed by atoms with van der Waals surface area (Å²) in [7, 11) is 1.81. The number of rotatable bonds is 9. The molecule has 4 aromatic rings. The van der Waals surface area contributed by atoms with Crippen molar-refractivity contribution in [2.24, 2.45) is 0 Å². The molecule has 0 saturated carbocycles. The molecular formula is C33H33FN8O3S. The molecule has 0 unspecified atom stereocenters. The first kappa shape index (κ1) is 30.8. The molecule has 1 aromatic heterocycles. The Morgan fingerprint density at radius 1 is 1.13 bits per heavy atom. The molecule has 236 valence electrons. The van der Waals surface area contributed by atoms with E-state index in [0.29, 0.717) is 11.3 Å². The number of nitrogens with one attached hydrogen (secondary N) is 2. The number of thiazole rings is 1. The molecule has 2 atom stereocenters. The second-order valence-electron chi connectivity index (χ2n) is 11.1. The molecule has 13 heteroatoms. The van der Waals surface area contributed by atoms with Crippen LogP contribution in [0.1, 0.15) is 16.7 Å². The summed E-state index contributed by atoms with van der Waals surface area (Å²) < 4.78 is 14.4. The van der Waals surface area contributed by atoms with Crippen molar-refractivity contribution in [1.29, 1.82) is 0 Å². The van der Waals surface area contributed by atoms with Gasteiger partial charge in [-0.25, -0.2) is 19.2 Å². The minimum absolute atomic E-state index is 0.103. The second kappa shape index (κ2) is 13.0. The maximum Gasteiger partial charge on any atom is 0.333 e. The summed E-state index contributed by atoms with van der Waals surface area (Å²) in [6.07, 6.45) is 5.31. The Balaban J connectivity index is 1.31. The van der Waals surface area contributed by atoms with Crippen molar-refractivity contribution in [3.8, 4) is 12.3 Å². The fraction of sp³-hybridized carbons (Fsp3) is 0.273. The van der Waals surface area contributed by atoms with E-state index in [2.05, 4.69) is 16.6 Å². The van der Waals surface area contributed by atoms with Crippen LogP contribution in [0.2, 0.25) is 0 Å². The number of terminal acetylenes is 1. The number of nitrogen functional groups attached to an aromatic ring is 1. The molecule has 46 heavy (non-hydrogen) atoms. The van der Waals surface area contributed by atoms with Gasteiger partial charge in [-0.15, -0.1) is 6.42 Å². The second-order valence-corrected chi connectivity index (χ2v) is 12.2. The molecule has 2 saturated heterocycles. The molecule has 0 bridgehead atoms. The van der Waals surface area contributed by atoms with Crippen LogP contribution in [0.3, 0.4) is 0 Å². The van der Waals surface area contributed by atoms with Gasteiger partial charge in [-0.3, -0.25) is 9.59 Å². The monoisotopic (exact) mass is 640 g/mol. The number of benzene rings is 3. The average Bonchev–Trinajstić information content (AvgIpc) is 3.63. The van der Waals surface area contributed by atoms with Gasteiger partial charge in [-0.05, 0) is 47.0 Å². The average molecular weight is 641 g/mol. The summed E-state index contributed by atoms with van der Waals surface area (Å²) >= 11 is 1.52. The quantitative estimate of drug-likeness (QED) is 0.189. The van der Waals surface area contributed by atoms with Crippen LogP contribution in [0, 0.1) is 18.2 Å². The lowest BCUT2D eigenvalue weighted by Gasteiger charge is -2.46. The molecule has 2 aliphatic rings. The Bertz CT molecular complexity index is 1810. The molecule has 0 spiro atoms. The number of fused-ring (bicyclic) bond motifs is 2. The SMILES string of the molecule is C#CCN(C(=O)NCc1ccc(F)cc1)N1CC(=O)N2[C@@H](Cc3ccc(N)cc3)C(=O)N(Cc3cccc4sc(NC)nc34)C[C@@H]21. The zero-order valence-electron chi connectivity index (χ0n) is 25.1. The molecule has 6 rings (SSSR count). The van der Waals surface area contributed by atoms with Crippen molar-refractivity contribution in [1.82, 2.24) is 30.1 Å². The Hall–Kier alpha value is -5.19. The number of amides is 4. The number of hydrogen-bond acceptors (Lipinski definition) is 8. The van der Waals surface area contributed by atoms with Crippen molar-refractivity contribution in [3.05, 3.63) is 89.2 Å². The van der Waals surface area contributed by atoms with E-state index in [0.717, 1.165) is 26.5 Å². The van der Waals surface area contributed by atoms with Crippen molar-refractivity contribution >= 4 is 50.2 Å². The van der Waals surface area contributed by atoms with Gasteiger partial charge in [0.1, 0.15) is 18.0 Å². The Morgan fingerprint density at radius 3 is 2.59 bits per heavy atom. The lowest BCUT2D eigenvalue weighted by atomic mass is 9.99. The van der Waals surface area contributed by atoms with Crippen LogP contribution in [0.5, 0.6) is 0 Å². The zero-order valence-corrected chi connectivity index (χ0v) is 26.0. The lowest BCUT2D eigenvalue weighted by molar-refractivity contribution is -0.157. The van der Waals surface area contributed by atoms with E-state index < -0.39 is 18.2 Å². The zero-order chi connectivity index (χ0) is 32.4. The molecule has 2 fully saturated rings. The normalized spacial score (nSPS) is 18.0. The molecule has 4 N–H and O–H groups in total. The first-order valence-corrected chi connectivity index (χ1v) is 15.6. The van der Waals surface area contributed by atoms with Gasteiger partial charge >= 0.3 is 6.03 Å². The van der Waals surface area contributed by atoms with Crippen molar-refractivity contribution in [2.75, 3.05) is 37.7 Å². The van der Waals surface area contributed by atoms with E-state index in [-0.39, 0.29) is 56.8 Å². The van der Waals surface area contributed by atoms with Gasteiger partial charge in [0.15, 0.2) is 5.13 Å². The minimum atomic E-state index is -0.822. The molecule has 0 aliphatic carbocycles. The van der Waals surface area contributed by atoms with Gasteiger partial charge in [0, 0.05) is 32.2 Å². The van der Waals surface area contributed by atoms with Gasteiger partial charge in [0.25, 0.3) is 0 Å². The van der Waals surface area contributed by atoms with E-state index in [4.69, 9.17) is 17.1 Å². The van der Waals surface area contributed by atoms with Crippen LogP contribution in [-0.4, -0.2) is 81.5 Å². The van der Waals surface area contributed by atoms with E-state index in [1.165, 1.54) is 28.5 Å². The number of carbonyl (C=O) groups excluding carboxylic acids is 3. The highest BCUT2D eigenvalue weighted by Crippen LogP contribution is 2.33. The number of hydrogen-bond donors (Lipinski definition) is 3. The maximum atomic E-state index is 14.2. The number of nitrogens with zero attached hydrogens (tertiary/aromatic N) is 5. The van der Waals surface area contributed by atoms with Gasteiger partial charge < -0.3 is 26.2 Å². The van der Waals surface area contributed by atoms with Crippen molar-refractivity contribution in [3.63, 3.8) is 0 Å². The van der Waals surface area contributed by atoms with Gasteiger partial charge in [-0.1, -0.05) is 53.7 Å². The Labute approximate surface area is 269 Å². The summed E-state index contributed by atoms with van der Waals surface area (Å²) in [4.78, 5) is 49.4. The molecule has 0 radical (unpaired) electrons. The Kier molecular flexibility index (Phi) is 8.74.